The molecule has 0 aromatic heterocycles. The molecular formula is C33H48N2O5S. The molecule has 4 rings (SSSR count). The molecule has 3 fully saturated rings. The van der Waals surface area contributed by atoms with Crippen molar-refractivity contribution in [3.05, 3.63) is 42.5 Å². The first-order chi connectivity index (χ1) is 19.1. The Kier molecular flexibility index (Phi) is 8.79. The van der Waals surface area contributed by atoms with E-state index in [2.05, 4.69) is 32.7 Å². The molecule has 1 aromatic carbocycles. The average molecular weight is 585 g/mol. The Labute approximate surface area is 249 Å². The number of hydrogen-bond donors (Lipinski definition) is 3. The first-order valence-corrected chi connectivity index (χ1v) is 15.9. The number of amides is 1. The lowest BCUT2D eigenvalue weighted by atomic mass is 9.44. The molecule has 3 aliphatic rings. The molecule has 8 atom stereocenters. The van der Waals surface area contributed by atoms with Gasteiger partial charge in [-0.15, -0.1) is 18.3 Å². The van der Waals surface area contributed by atoms with E-state index >= 15 is 0 Å². The van der Waals surface area contributed by atoms with E-state index in [-0.39, 0.29) is 46.6 Å². The third-order valence-corrected chi connectivity index (χ3v) is 12.3. The number of aliphatic hydroxyl groups excluding tert-OH is 1. The molecule has 41 heavy (non-hydrogen) atoms. The fraction of sp³-hybridized carbons (Fsp3) is 0.667. The second-order valence-corrected chi connectivity index (χ2v) is 15.6. The van der Waals surface area contributed by atoms with Crippen LogP contribution in [0.15, 0.2) is 36.9 Å². The highest BCUT2D eigenvalue weighted by Crippen LogP contribution is 2.68. The molecule has 3 saturated carbocycles. The van der Waals surface area contributed by atoms with Gasteiger partial charge in [0.05, 0.1) is 11.9 Å². The maximum atomic E-state index is 13.6. The highest BCUT2D eigenvalue weighted by atomic mass is 32.2. The highest BCUT2D eigenvalue weighted by molar-refractivity contribution is 8.01. The van der Waals surface area contributed by atoms with Crippen LogP contribution in [0.2, 0.25) is 0 Å². The molecule has 0 aliphatic heterocycles. The van der Waals surface area contributed by atoms with Crippen LogP contribution >= 0.6 is 11.8 Å². The SMILES string of the molecule is C=C[C@]1(C)C[C@@H](OC(=O)CSC(C)(C)CNC(=O)c2ccc(N)cc2)[C@]2(C)[C@H](C)CC[C@]3(CCC(=O)[C@@H]32)[C@@H](C)[C@@H]1O. The van der Waals surface area contributed by atoms with E-state index in [0.29, 0.717) is 30.6 Å². The van der Waals surface area contributed by atoms with Crippen LogP contribution < -0.4 is 11.1 Å². The molecule has 0 spiro atoms. The molecule has 0 unspecified atom stereocenters. The standard InChI is InChI=1S/C33H48N2O5S/c1-8-31(6)17-25(32(7)20(2)13-15-33(21(3)28(31)38)16-14-24(36)27(32)33)40-26(37)18-41-30(4,5)19-35-29(39)22-9-11-23(34)12-10-22/h8-12,20-21,25,27-28,38H,1,13-19,34H2,2-7H3,(H,35,39)/t20-,21+,25-,27-,28+,31-,32+,33+/m1/s1. The molecule has 3 aliphatic carbocycles. The van der Waals surface area contributed by atoms with Gasteiger partial charge in [0, 0.05) is 45.7 Å². The maximum Gasteiger partial charge on any atom is 0.316 e. The summed E-state index contributed by atoms with van der Waals surface area (Å²) in [4.78, 5) is 39.6. The van der Waals surface area contributed by atoms with Gasteiger partial charge in [0.1, 0.15) is 11.9 Å². The molecule has 7 nitrogen and oxygen atoms in total. The zero-order chi connectivity index (χ0) is 30.4. The lowest BCUT2D eigenvalue weighted by Crippen LogP contribution is -2.63. The van der Waals surface area contributed by atoms with Crippen molar-refractivity contribution in [3.63, 3.8) is 0 Å². The summed E-state index contributed by atoms with van der Waals surface area (Å²) in [5.74, 6) is -0.315. The van der Waals surface area contributed by atoms with Crippen molar-refractivity contribution >= 4 is 35.1 Å². The Bertz CT molecular complexity index is 1180. The van der Waals surface area contributed by atoms with E-state index in [1.165, 1.54) is 11.8 Å². The van der Waals surface area contributed by atoms with E-state index in [1.54, 1.807) is 24.3 Å². The number of nitrogens with one attached hydrogen (secondary N) is 1. The Balaban J connectivity index is 1.50. The number of Topliss-reactive ketones (excluding diaryl/α,β-unsaturated/α-hetero) is 1. The minimum atomic E-state index is -0.689. The van der Waals surface area contributed by atoms with Gasteiger partial charge >= 0.3 is 5.97 Å². The van der Waals surface area contributed by atoms with E-state index in [9.17, 15) is 19.5 Å². The number of benzene rings is 1. The second kappa shape index (κ2) is 11.4. The van der Waals surface area contributed by atoms with Gasteiger partial charge in [-0.1, -0.05) is 33.8 Å². The number of nitrogen functional groups attached to an aromatic ring is 1. The quantitative estimate of drug-likeness (QED) is 0.212. The third kappa shape index (κ3) is 5.71. The van der Waals surface area contributed by atoms with Gasteiger partial charge in [-0.3, -0.25) is 14.4 Å². The smallest absolute Gasteiger partial charge is 0.316 e. The number of hydrogen-bond acceptors (Lipinski definition) is 7. The first kappa shape index (κ1) is 31.6. The molecule has 226 valence electrons. The normalized spacial score (nSPS) is 37.0. The Morgan fingerprint density at radius 3 is 2.51 bits per heavy atom. The number of anilines is 1. The van der Waals surface area contributed by atoms with Crippen LogP contribution in [0.5, 0.6) is 0 Å². The van der Waals surface area contributed by atoms with Crippen molar-refractivity contribution in [1.82, 2.24) is 5.32 Å². The van der Waals surface area contributed by atoms with Crippen molar-refractivity contribution in [3.8, 4) is 0 Å². The van der Waals surface area contributed by atoms with Gasteiger partial charge in [0.15, 0.2) is 0 Å². The van der Waals surface area contributed by atoms with Crippen LogP contribution in [0, 0.1) is 34.0 Å². The van der Waals surface area contributed by atoms with E-state index < -0.39 is 27.8 Å². The summed E-state index contributed by atoms with van der Waals surface area (Å²) >= 11 is 1.43. The van der Waals surface area contributed by atoms with Gasteiger partial charge < -0.3 is 20.9 Å². The summed E-state index contributed by atoms with van der Waals surface area (Å²) in [5.41, 5.74) is 5.34. The summed E-state index contributed by atoms with van der Waals surface area (Å²) < 4.78 is 5.92. The predicted molar refractivity (Wildman–Crippen MR) is 164 cm³/mol. The fourth-order valence-electron chi connectivity index (χ4n) is 8.03. The van der Waals surface area contributed by atoms with Crippen molar-refractivity contribution in [2.24, 2.45) is 34.0 Å². The summed E-state index contributed by atoms with van der Waals surface area (Å²) in [7, 11) is 0. The first-order valence-electron chi connectivity index (χ1n) is 14.9. The minimum absolute atomic E-state index is 0.0646. The summed E-state index contributed by atoms with van der Waals surface area (Å²) in [6.45, 7) is 16.8. The van der Waals surface area contributed by atoms with E-state index in [0.717, 1.165) is 19.3 Å². The Morgan fingerprint density at radius 1 is 1.22 bits per heavy atom. The van der Waals surface area contributed by atoms with Crippen molar-refractivity contribution in [2.75, 3.05) is 18.0 Å². The number of carbonyl (C=O) groups excluding carboxylic acids is 3. The van der Waals surface area contributed by atoms with Gasteiger partial charge in [-0.05, 0) is 81.0 Å². The molecule has 1 amide bonds. The number of thioether (sulfide) groups is 1. The summed E-state index contributed by atoms with van der Waals surface area (Å²) in [5, 5.41) is 14.6. The summed E-state index contributed by atoms with van der Waals surface area (Å²) in [6, 6.07) is 6.74. The fourth-order valence-corrected chi connectivity index (χ4v) is 8.78. The van der Waals surface area contributed by atoms with Crippen molar-refractivity contribution in [2.45, 2.75) is 90.6 Å². The highest BCUT2D eigenvalue weighted by Gasteiger charge is 2.68. The Hall–Kier alpha value is -2.32. The zero-order valence-corrected chi connectivity index (χ0v) is 26.3. The second-order valence-electron chi connectivity index (χ2n) is 13.9. The largest absolute Gasteiger partial charge is 0.461 e. The lowest BCUT2D eigenvalue weighted by Gasteiger charge is -2.61. The summed E-state index contributed by atoms with van der Waals surface area (Å²) in [6.07, 6.45) is 4.14. The molecule has 2 bridgehead atoms. The van der Waals surface area contributed by atoms with Crippen LogP contribution in [0.25, 0.3) is 0 Å². The molecule has 1 aromatic rings. The Morgan fingerprint density at radius 2 is 1.88 bits per heavy atom. The minimum Gasteiger partial charge on any atom is -0.461 e. The monoisotopic (exact) mass is 584 g/mol. The number of ketones is 1. The molecule has 4 N–H and O–H groups in total. The van der Waals surface area contributed by atoms with Gasteiger partial charge in [-0.25, -0.2) is 0 Å². The van der Waals surface area contributed by atoms with Crippen LogP contribution in [0.1, 0.15) is 84.0 Å². The topological polar surface area (TPSA) is 119 Å². The van der Waals surface area contributed by atoms with Crippen LogP contribution in [-0.4, -0.2) is 52.0 Å². The van der Waals surface area contributed by atoms with E-state index in [4.69, 9.17) is 10.5 Å². The third-order valence-electron chi connectivity index (χ3n) is 11.0. The van der Waals surface area contributed by atoms with E-state index in [1.807, 2.05) is 26.8 Å². The van der Waals surface area contributed by atoms with Gasteiger partial charge in [-0.2, -0.15) is 0 Å². The number of esters is 1. The molecule has 0 saturated heterocycles. The van der Waals surface area contributed by atoms with Gasteiger partial charge in [0.25, 0.3) is 5.91 Å². The van der Waals surface area contributed by atoms with Crippen molar-refractivity contribution in [1.29, 1.82) is 0 Å². The molecule has 8 heteroatoms. The molecule has 0 radical (unpaired) electrons. The predicted octanol–water partition coefficient (Wildman–Crippen LogP) is 5.42. The molecule has 0 heterocycles. The number of carbonyl (C=O) groups is 3. The molecular weight excluding hydrogens is 536 g/mol. The zero-order valence-electron chi connectivity index (χ0n) is 25.5. The number of aliphatic hydroxyl groups is 1. The number of rotatable bonds is 8. The van der Waals surface area contributed by atoms with Gasteiger partial charge in [0.2, 0.25) is 0 Å². The maximum absolute atomic E-state index is 13.6. The van der Waals surface area contributed by atoms with Crippen LogP contribution in [0.4, 0.5) is 5.69 Å². The van der Waals surface area contributed by atoms with Crippen molar-refractivity contribution < 1.29 is 24.2 Å². The van der Waals surface area contributed by atoms with Crippen LogP contribution in [-0.2, 0) is 14.3 Å². The average Bonchev–Trinajstić information content (AvgIpc) is 3.29. The van der Waals surface area contributed by atoms with Crippen LogP contribution in [0.3, 0.4) is 0 Å². The number of ether oxygens (including phenoxy) is 1. The number of nitrogens with two attached hydrogens (primary N) is 1. The lowest BCUT2D eigenvalue weighted by molar-refractivity contribution is -0.205.